The minimum atomic E-state index is -4.32. The molecule has 1 aliphatic heterocycles. The number of nitro groups is 1. The van der Waals surface area contributed by atoms with E-state index in [0.717, 1.165) is 15.9 Å². The van der Waals surface area contributed by atoms with E-state index in [4.69, 9.17) is 0 Å². The van der Waals surface area contributed by atoms with Crippen LogP contribution in [-0.2, 0) is 14.8 Å². The van der Waals surface area contributed by atoms with Gasteiger partial charge in [0, 0.05) is 18.2 Å². The highest BCUT2D eigenvalue weighted by molar-refractivity contribution is 7.89. The zero-order chi connectivity index (χ0) is 20.5. The fraction of sp³-hybridized carbons (Fsp3) is 0.211. The first-order chi connectivity index (χ1) is 13.2. The molecular weight excluding hydrogens is 384 g/mol. The number of para-hydroxylation sites is 1. The number of aliphatic carboxylic acids is 1. The van der Waals surface area contributed by atoms with Crippen LogP contribution >= 0.6 is 0 Å². The average Bonchev–Trinajstić information content (AvgIpc) is 2.68. The molecule has 1 heterocycles. The van der Waals surface area contributed by atoms with Gasteiger partial charge >= 0.3 is 5.97 Å². The third-order valence-electron chi connectivity index (χ3n) is 4.65. The minimum Gasteiger partial charge on any atom is -0.478 e. The lowest BCUT2D eigenvalue weighted by molar-refractivity contribution is -0.387. The lowest BCUT2D eigenvalue weighted by atomic mass is 9.97. The maximum atomic E-state index is 13.3. The van der Waals surface area contributed by atoms with Gasteiger partial charge in [-0.05, 0) is 25.0 Å². The number of nitrogens with zero attached hydrogens (tertiary/aromatic N) is 2. The highest BCUT2D eigenvalue weighted by atomic mass is 32.2. The summed E-state index contributed by atoms with van der Waals surface area (Å²) < 4.78 is 27.7. The molecule has 8 nitrogen and oxygen atoms in total. The molecule has 3 rings (SSSR count). The summed E-state index contributed by atoms with van der Waals surface area (Å²) in [6.07, 6.45) is 1.66. The summed E-state index contributed by atoms with van der Waals surface area (Å²) >= 11 is 0. The van der Waals surface area contributed by atoms with Crippen LogP contribution in [0.25, 0.3) is 0 Å². The van der Waals surface area contributed by atoms with E-state index in [1.807, 2.05) is 19.1 Å². The first-order valence-electron chi connectivity index (χ1n) is 8.46. The van der Waals surface area contributed by atoms with Crippen LogP contribution < -0.4 is 0 Å². The molecule has 146 valence electrons. The Balaban J connectivity index is 2.13. The van der Waals surface area contributed by atoms with Gasteiger partial charge in [-0.3, -0.25) is 10.1 Å². The van der Waals surface area contributed by atoms with Crippen molar-refractivity contribution in [2.45, 2.75) is 24.3 Å². The number of hydrogen-bond donors (Lipinski definition) is 1. The second-order valence-corrected chi connectivity index (χ2v) is 8.33. The van der Waals surface area contributed by atoms with Crippen molar-refractivity contribution in [3.8, 4) is 0 Å². The number of nitro benzene ring substituents is 1. The fourth-order valence-electron chi connectivity index (χ4n) is 3.16. The van der Waals surface area contributed by atoms with Crippen LogP contribution in [0.15, 0.2) is 65.1 Å². The average molecular weight is 402 g/mol. The summed E-state index contributed by atoms with van der Waals surface area (Å²) in [6, 6.07) is 11.6. The molecule has 0 saturated heterocycles. The topological polar surface area (TPSA) is 118 Å². The van der Waals surface area contributed by atoms with Crippen LogP contribution in [0.2, 0.25) is 0 Å². The predicted molar refractivity (Wildman–Crippen MR) is 101 cm³/mol. The molecule has 0 spiro atoms. The predicted octanol–water partition coefficient (Wildman–Crippen LogP) is 3.05. The van der Waals surface area contributed by atoms with Crippen molar-refractivity contribution in [2.24, 2.45) is 0 Å². The molecule has 0 aliphatic carbocycles. The number of aryl methyl sites for hydroxylation is 1. The highest BCUT2D eigenvalue weighted by Gasteiger charge is 2.39. The number of rotatable bonds is 5. The van der Waals surface area contributed by atoms with Crippen molar-refractivity contribution in [2.75, 3.05) is 6.54 Å². The second kappa shape index (κ2) is 7.53. The van der Waals surface area contributed by atoms with Crippen LogP contribution in [0.3, 0.4) is 0 Å². The molecule has 2 aromatic carbocycles. The monoisotopic (exact) mass is 402 g/mol. The lowest BCUT2D eigenvalue weighted by Gasteiger charge is -2.33. The van der Waals surface area contributed by atoms with Crippen molar-refractivity contribution in [3.05, 3.63) is 81.4 Å². The van der Waals surface area contributed by atoms with Gasteiger partial charge in [-0.15, -0.1) is 0 Å². The Hall–Kier alpha value is -3.04. The molecule has 0 saturated carbocycles. The fourth-order valence-corrected chi connectivity index (χ4v) is 4.93. The SMILES string of the molecule is Cc1ccc(C2CC=C(C(=O)O)CN2S(=O)(=O)c2ccccc2[N+](=O)[O-])cc1. The third-order valence-corrected chi connectivity index (χ3v) is 6.55. The Morgan fingerprint density at radius 1 is 1.18 bits per heavy atom. The lowest BCUT2D eigenvalue weighted by Crippen LogP contribution is -2.40. The van der Waals surface area contributed by atoms with Crippen LogP contribution in [0.1, 0.15) is 23.6 Å². The molecule has 0 radical (unpaired) electrons. The van der Waals surface area contributed by atoms with Crippen LogP contribution in [0.4, 0.5) is 5.69 Å². The van der Waals surface area contributed by atoms with Crippen molar-refractivity contribution in [3.63, 3.8) is 0 Å². The van der Waals surface area contributed by atoms with E-state index >= 15 is 0 Å². The molecule has 9 heteroatoms. The molecule has 2 aromatic rings. The summed E-state index contributed by atoms with van der Waals surface area (Å²) in [4.78, 5) is 21.5. The molecular formula is C19H18N2O6S. The van der Waals surface area contributed by atoms with Crippen molar-refractivity contribution < 1.29 is 23.2 Å². The smallest absolute Gasteiger partial charge is 0.332 e. The van der Waals surface area contributed by atoms with Crippen LogP contribution in [0.5, 0.6) is 0 Å². The molecule has 0 fully saturated rings. The van der Waals surface area contributed by atoms with Crippen LogP contribution in [0, 0.1) is 17.0 Å². The summed E-state index contributed by atoms with van der Waals surface area (Å²) in [5, 5.41) is 20.7. The molecule has 1 unspecified atom stereocenters. The second-order valence-electron chi connectivity index (χ2n) is 6.47. The van der Waals surface area contributed by atoms with Gasteiger partial charge in [-0.2, -0.15) is 4.31 Å². The number of carboxylic acid groups (broad SMARTS) is 1. The minimum absolute atomic E-state index is 0.0643. The summed E-state index contributed by atoms with van der Waals surface area (Å²) in [7, 11) is -4.32. The number of benzene rings is 2. The van der Waals surface area contributed by atoms with Crippen molar-refractivity contribution >= 4 is 21.7 Å². The van der Waals surface area contributed by atoms with Gasteiger partial charge in [0.2, 0.25) is 0 Å². The Kier molecular flexibility index (Phi) is 5.30. The van der Waals surface area contributed by atoms with Gasteiger partial charge in [0.1, 0.15) is 0 Å². The highest BCUT2D eigenvalue weighted by Crippen LogP contribution is 2.37. The van der Waals surface area contributed by atoms with E-state index in [1.165, 1.54) is 24.3 Å². The molecule has 1 atom stereocenters. The first kappa shape index (κ1) is 19.7. The van der Waals surface area contributed by atoms with Gasteiger partial charge in [-0.25, -0.2) is 13.2 Å². The zero-order valence-electron chi connectivity index (χ0n) is 15.0. The largest absolute Gasteiger partial charge is 0.478 e. The Morgan fingerprint density at radius 3 is 2.43 bits per heavy atom. The van der Waals surface area contributed by atoms with E-state index in [9.17, 15) is 28.4 Å². The van der Waals surface area contributed by atoms with Gasteiger partial charge < -0.3 is 5.11 Å². The van der Waals surface area contributed by atoms with E-state index in [-0.39, 0.29) is 18.5 Å². The normalized spacial score (nSPS) is 17.8. The molecule has 0 aromatic heterocycles. The molecule has 0 bridgehead atoms. The third kappa shape index (κ3) is 3.67. The van der Waals surface area contributed by atoms with E-state index in [1.54, 1.807) is 12.1 Å². The summed E-state index contributed by atoms with van der Waals surface area (Å²) in [5.74, 6) is -1.22. The molecule has 1 N–H and O–H groups in total. The van der Waals surface area contributed by atoms with E-state index in [0.29, 0.717) is 5.56 Å². The quantitative estimate of drug-likeness (QED) is 0.607. The van der Waals surface area contributed by atoms with Gasteiger partial charge in [0.25, 0.3) is 15.7 Å². The maximum absolute atomic E-state index is 13.3. The zero-order valence-corrected chi connectivity index (χ0v) is 15.8. The molecule has 28 heavy (non-hydrogen) atoms. The molecule has 1 aliphatic rings. The maximum Gasteiger partial charge on any atom is 0.332 e. The van der Waals surface area contributed by atoms with Crippen LogP contribution in [-0.4, -0.2) is 35.3 Å². The van der Waals surface area contributed by atoms with Crippen molar-refractivity contribution in [1.82, 2.24) is 4.31 Å². The number of hydrogen-bond acceptors (Lipinski definition) is 5. The first-order valence-corrected chi connectivity index (χ1v) is 9.90. The van der Waals surface area contributed by atoms with Gasteiger partial charge in [-0.1, -0.05) is 48.0 Å². The standard InChI is InChI=1S/C19H18N2O6S/c1-13-6-8-14(9-7-13)16-11-10-15(19(22)23)12-20(16)28(26,27)18-5-3-2-4-17(18)21(24)25/h2-10,16H,11-12H2,1H3,(H,22,23). The Labute approximate surface area is 161 Å². The summed E-state index contributed by atoms with van der Waals surface area (Å²) in [5.41, 5.74) is 1.07. The number of carbonyl (C=O) groups is 1. The number of carboxylic acids is 1. The van der Waals surface area contributed by atoms with E-state index in [2.05, 4.69) is 0 Å². The van der Waals surface area contributed by atoms with Gasteiger partial charge in [0.15, 0.2) is 4.90 Å². The summed E-state index contributed by atoms with van der Waals surface area (Å²) in [6.45, 7) is 1.52. The molecule has 0 amide bonds. The number of sulfonamides is 1. The van der Waals surface area contributed by atoms with E-state index < -0.39 is 37.5 Å². The van der Waals surface area contributed by atoms with Crippen molar-refractivity contribution in [1.29, 1.82) is 0 Å². The van der Waals surface area contributed by atoms with Gasteiger partial charge in [0.05, 0.1) is 11.0 Å². The Bertz CT molecular complexity index is 1060. The Morgan fingerprint density at radius 2 is 1.82 bits per heavy atom.